The average molecular weight is 386 g/mol. The zero-order chi connectivity index (χ0) is 18.8. The predicted molar refractivity (Wildman–Crippen MR) is 103 cm³/mol. The van der Waals surface area contributed by atoms with Crippen LogP contribution in [0.3, 0.4) is 0 Å². The van der Waals surface area contributed by atoms with Gasteiger partial charge in [0.05, 0.1) is 35.5 Å². The molecule has 5 nitrogen and oxygen atoms in total. The molecule has 0 radical (unpaired) electrons. The Morgan fingerprint density at radius 3 is 2.96 bits per heavy atom. The van der Waals surface area contributed by atoms with E-state index in [2.05, 4.69) is 4.98 Å². The second-order valence-electron chi connectivity index (χ2n) is 6.36. The second-order valence-corrected chi connectivity index (χ2v) is 7.37. The molecule has 0 bridgehead atoms. The van der Waals surface area contributed by atoms with E-state index in [1.807, 2.05) is 18.2 Å². The number of anilines is 1. The zero-order valence-electron chi connectivity index (χ0n) is 14.9. The molecule has 4 rings (SSSR count). The van der Waals surface area contributed by atoms with E-state index in [9.17, 15) is 9.18 Å². The molecule has 2 aromatic carbocycles. The first kappa shape index (κ1) is 17.9. The molecule has 1 amide bonds. The summed E-state index contributed by atoms with van der Waals surface area (Å²) in [6.07, 6.45) is 1.77. The molecule has 3 aromatic rings. The Balaban J connectivity index is 1.73. The Bertz CT molecular complexity index is 969. The standard InChI is InChI=1S/C20H19FN2O3S/c1-25-13-8-9-17-18(11-13)27-20(22-17)23(12-14-5-4-10-26-14)19(24)15-6-2-3-7-16(15)21/h2-3,6-9,11,14H,4-5,10,12H2,1H3. The van der Waals surface area contributed by atoms with Crippen molar-refractivity contribution in [3.05, 3.63) is 53.8 Å². The van der Waals surface area contributed by atoms with Crippen LogP contribution in [-0.4, -0.2) is 37.3 Å². The van der Waals surface area contributed by atoms with Gasteiger partial charge in [-0.15, -0.1) is 0 Å². The van der Waals surface area contributed by atoms with Gasteiger partial charge in [0.2, 0.25) is 0 Å². The molecule has 1 atom stereocenters. The molecular formula is C20H19FN2O3S. The van der Waals surface area contributed by atoms with Crippen molar-refractivity contribution in [2.45, 2.75) is 18.9 Å². The van der Waals surface area contributed by atoms with Gasteiger partial charge in [0.1, 0.15) is 11.6 Å². The van der Waals surface area contributed by atoms with Crippen molar-refractivity contribution < 1.29 is 18.7 Å². The van der Waals surface area contributed by atoms with Crippen LogP contribution in [0.1, 0.15) is 23.2 Å². The van der Waals surface area contributed by atoms with E-state index in [4.69, 9.17) is 9.47 Å². The highest BCUT2D eigenvalue weighted by atomic mass is 32.1. The number of amides is 1. The Morgan fingerprint density at radius 2 is 2.22 bits per heavy atom. The minimum absolute atomic E-state index is 0.0346. The molecule has 140 valence electrons. The lowest BCUT2D eigenvalue weighted by Gasteiger charge is -2.23. The van der Waals surface area contributed by atoms with Crippen LogP contribution in [0.2, 0.25) is 0 Å². The first-order chi connectivity index (χ1) is 13.2. The van der Waals surface area contributed by atoms with Crippen LogP contribution in [0.5, 0.6) is 5.75 Å². The van der Waals surface area contributed by atoms with Gasteiger partial charge in [-0.05, 0) is 43.2 Å². The zero-order valence-corrected chi connectivity index (χ0v) is 15.7. The van der Waals surface area contributed by atoms with Gasteiger partial charge in [0.15, 0.2) is 5.13 Å². The van der Waals surface area contributed by atoms with Crippen LogP contribution < -0.4 is 9.64 Å². The molecular weight excluding hydrogens is 367 g/mol. The SMILES string of the molecule is COc1ccc2nc(N(CC3CCCO3)C(=O)c3ccccc3F)sc2c1. The fraction of sp³-hybridized carbons (Fsp3) is 0.300. The molecule has 2 heterocycles. The number of hydrogen-bond acceptors (Lipinski definition) is 5. The maximum Gasteiger partial charge on any atom is 0.263 e. The number of nitrogens with zero attached hydrogens (tertiary/aromatic N) is 2. The van der Waals surface area contributed by atoms with Crippen molar-refractivity contribution in [1.82, 2.24) is 4.98 Å². The van der Waals surface area contributed by atoms with Gasteiger partial charge in [0, 0.05) is 6.61 Å². The molecule has 1 aliphatic heterocycles. The van der Waals surface area contributed by atoms with Gasteiger partial charge >= 0.3 is 0 Å². The number of thiazole rings is 1. The fourth-order valence-corrected chi connectivity index (χ4v) is 4.16. The molecule has 27 heavy (non-hydrogen) atoms. The summed E-state index contributed by atoms with van der Waals surface area (Å²) in [5.74, 6) is -0.221. The van der Waals surface area contributed by atoms with E-state index in [-0.39, 0.29) is 11.7 Å². The third-order valence-electron chi connectivity index (χ3n) is 4.57. The summed E-state index contributed by atoms with van der Waals surface area (Å²) in [6.45, 7) is 1.04. The van der Waals surface area contributed by atoms with Gasteiger partial charge in [-0.3, -0.25) is 9.69 Å². The first-order valence-corrected chi connectivity index (χ1v) is 9.60. The minimum atomic E-state index is -0.539. The molecule has 1 unspecified atom stereocenters. The number of fused-ring (bicyclic) bond motifs is 1. The lowest BCUT2D eigenvalue weighted by atomic mass is 10.1. The third-order valence-corrected chi connectivity index (χ3v) is 5.62. The van der Waals surface area contributed by atoms with Gasteiger partial charge in [0.25, 0.3) is 5.91 Å². The monoisotopic (exact) mass is 386 g/mol. The summed E-state index contributed by atoms with van der Waals surface area (Å²) < 4.78 is 26.1. The van der Waals surface area contributed by atoms with Crippen molar-refractivity contribution in [1.29, 1.82) is 0 Å². The minimum Gasteiger partial charge on any atom is -0.497 e. The fourth-order valence-electron chi connectivity index (χ4n) is 3.16. The van der Waals surface area contributed by atoms with E-state index in [1.54, 1.807) is 19.2 Å². The van der Waals surface area contributed by atoms with Crippen LogP contribution >= 0.6 is 11.3 Å². The highest BCUT2D eigenvalue weighted by Crippen LogP contribution is 2.33. The largest absolute Gasteiger partial charge is 0.497 e. The lowest BCUT2D eigenvalue weighted by Crippen LogP contribution is -2.37. The number of ether oxygens (including phenoxy) is 2. The maximum atomic E-state index is 14.2. The van der Waals surface area contributed by atoms with E-state index < -0.39 is 11.7 Å². The second kappa shape index (κ2) is 7.62. The third kappa shape index (κ3) is 3.65. The van der Waals surface area contributed by atoms with Crippen molar-refractivity contribution in [2.24, 2.45) is 0 Å². The summed E-state index contributed by atoms with van der Waals surface area (Å²) in [5, 5.41) is 0.530. The van der Waals surface area contributed by atoms with E-state index in [1.165, 1.54) is 28.4 Å². The van der Waals surface area contributed by atoms with Gasteiger partial charge in [-0.25, -0.2) is 9.37 Å². The summed E-state index contributed by atoms with van der Waals surface area (Å²) in [7, 11) is 1.61. The van der Waals surface area contributed by atoms with Gasteiger partial charge < -0.3 is 9.47 Å². The Morgan fingerprint density at radius 1 is 1.37 bits per heavy atom. The Hall–Kier alpha value is -2.51. The number of rotatable bonds is 5. The molecule has 1 aliphatic rings. The molecule has 0 aliphatic carbocycles. The molecule has 7 heteroatoms. The van der Waals surface area contributed by atoms with Crippen molar-refractivity contribution in [2.75, 3.05) is 25.2 Å². The first-order valence-electron chi connectivity index (χ1n) is 8.78. The molecule has 0 saturated carbocycles. The Labute approximate surface area is 160 Å². The quantitative estimate of drug-likeness (QED) is 0.657. The van der Waals surface area contributed by atoms with Crippen LogP contribution in [-0.2, 0) is 4.74 Å². The Kier molecular flexibility index (Phi) is 5.05. The van der Waals surface area contributed by atoms with Crippen LogP contribution in [0, 0.1) is 5.82 Å². The van der Waals surface area contributed by atoms with Gasteiger partial charge in [-0.2, -0.15) is 0 Å². The highest BCUT2D eigenvalue weighted by Gasteiger charge is 2.28. The van der Waals surface area contributed by atoms with Crippen molar-refractivity contribution in [3.63, 3.8) is 0 Å². The molecule has 0 spiro atoms. The van der Waals surface area contributed by atoms with Crippen LogP contribution in [0.4, 0.5) is 9.52 Å². The summed E-state index contributed by atoms with van der Waals surface area (Å²) in [5.41, 5.74) is 0.807. The maximum absolute atomic E-state index is 14.2. The molecule has 1 fully saturated rings. The lowest BCUT2D eigenvalue weighted by molar-refractivity contribution is 0.0914. The normalized spacial score (nSPS) is 16.6. The van der Waals surface area contributed by atoms with Crippen molar-refractivity contribution in [3.8, 4) is 5.75 Å². The number of aromatic nitrogens is 1. The van der Waals surface area contributed by atoms with Crippen LogP contribution in [0.25, 0.3) is 10.2 Å². The number of methoxy groups -OCH3 is 1. The van der Waals surface area contributed by atoms with Gasteiger partial charge in [-0.1, -0.05) is 23.5 Å². The number of carbonyl (C=O) groups is 1. The highest BCUT2D eigenvalue weighted by molar-refractivity contribution is 7.22. The summed E-state index contributed by atoms with van der Waals surface area (Å²) >= 11 is 1.38. The van der Waals surface area contributed by atoms with Crippen molar-refractivity contribution >= 4 is 32.6 Å². The number of carbonyl (C=O) groups excluding carboxylic acids is 1. The number of halogens is 1. The number of hydrogen-bond donors (Lipinski definition) is 0. The number of benzene rings is 2. The van der Waals surface area contributed by atoms with Crippen LogP contribution in [0.15, 0.2) is 42.5 Å². The average Bonchev–Trinajstić information content (AvgIpc) is 3.34. The van der Waals surface area contributed by atoms with E-state index >= 15 is 0 Å². The van der Waals surface area contributed by atoms with E-state index in [0.717, 1.165) is 28.8 Å². The topological polar surface area (TPSA) is 51.7 Å². The summed E-state index contributed by atoms with van der Waals surface area (Å²) in [6, 6.07) is 11.6. The molecule has 0 N–H and O–H groups in total. The predicted octanol–water partition coefficient (Wildman–Crippen LogP) is 4.27. The summed E-state index contributed by atoms with van der Waals surface area (Å²) in [4.78, 5) is 19.3. The van der Waals surface area contributed by atoms with E-state index in [0.29, 0.717) is 18.3 Å². The molecule has 1 aromatic heterocycles. The molecule has 1 saturated heterocycles. The smallest absolute Gasteiger partial charge is 0.263 e.